The van der Waals surface area contributed by atoms with Gasteiger partial charge in [0.15, 0.2) is 0 Å². The molecule has 2 unspecified atom stereocenters. The zero-order valence-electron chi connectivity index (χ0n) is 33.1. The molecule has 1 saturated carbocycles. The predicted molar refractivity (Wildman–Crippen MR) is 211 cm³/mol. The molecule has 3 aromatic heterocycles. The molecular weight excluding hydrogens is 793 g/mol. The number of methoxy groups -OCH3 is 1. The van der Waals surface area contributed by atoms with Gasteiger partial charge in [-0.15, -0.1) is 0 Å². The molecule has 14 nitrogen and oxygen atoms in total. The van der Waals surface area contributed by atoms with Crippen LogP contribution in [0.5, 0.6) is 5.75 Å². The van der Waals surface area contributed by atoms with E-state index in [1.807, 2.05) is 10.9 Å². The Morgan fingerprint density at radius 2 is 1.78 bits per heavy atom. The van der Waals surface area contributed by atoms with E-state index in [1.54, 1.807) is 54.2 Å². The Morgan fingerprint density at radius 1 is 1.03 bits per heavy atom. The number of alkyl halides is 5. The topological polar surface area (TPSA) is 149 Å². The average Bonchev–Trinajstić information content (AvgIpc) is 3.74. The molecule has 5 heterocycles. The number of hydrogen-bond donors (Lipinski definition) is 2. The molecule has 2 saturated heterocycles. The van der Waals surface area contributed by atoms with E-state index in [1.165, 1.54) is 22.3 Å². The van der Waals surface area contributed by atoms with E-state index < -0.39 is 65.5 Å². The number of nitrogens with zero attached hydrogens (tertiary/aromatic N) is 7. The first kappa shape index (κ1) is 40.9. The Kier molecular flexibility index (Phi) is 10.7. The molecule has 3 aliphatic rings. The summed E-state index contributed by atoms with van der Waals surface area (Å²) in [6.07, 6.45) is 0.728. The standard InChI is InChI=1S/C41H44F5N9O5/c1-51(34-16-17-53(22-40(34,42)43)29-7-5-8-30-36(29)52(2)39(59)55(30)31-14-15-35(56)49-38(31)58)20-23-10-12-25(13-11-23)54-21-24-18-28(32(60-3)19-27(24)50-54)48-37(57)26-6-4-9-33(47-26)41(44,45)46/h4-9,18-19,21,23,25,31,34H,10-17,20,22H2,1-3H3,(H,48,57)(H,49,56,58). The number of piperidine rings is 2. The van der Waals surface area contributed by atoms with Crippen molar-refractivity contribution in [3.8, 4) is 5.75 Å². The molecule has 2 N–H and O–H groups in total. The molecule has 3 amide bonds. The van der Waals surface area contributed by atoms with Crippen LogP contribution >= 0.6 is 0 Å². The number of halogens is 5. The minimum Gasteiger partial charge on any atom is -0.494 e. The van der Waals surface area contributed by atoms with Gasteiger partial charge in [0.25, 0.3) is 11.8 Å². The monoisotopic (exact) mass is 837 g/mol. The lowest BCUT2D eigenvalue weighted by Crippen LogP contribution is -2.58. The first-order valence-corrected chi connectivity index (χ1v) is 19.8. The summed E-state index contributed by atoms with van der Waals surface area (Å²) in [5, 5.41) is 10.3. The number of ether oxygens (including phenoxy) is 1. The summed E-state index contributed by atoms with van der Waals surface area (Å²) < 4.78 is 81.9. The summed E-state index contributed by atoms with van der Waals surface area (Å²) in [5.41, 5.74) is 0.184. The number of anilines is 2. The first-order chi connectivity index (χ1) is 28.5. The number of hydrogen-bond acceptors (Lipinski definition) is 9. The predicted octanol–water partition coefficient (Wildman–Crippen LogP) is 5.92. The minimum absolute atomic E-state index is 0.0468. The number of benzene rings is 2. The molecule has 60 heavy (non-hydrogen) atoms. The summed E-state index contributed by atoms with van der Waals surface area (Å²) in [6.45, 7) is 0.282. The van der Waals surface area contributed by atoms with Crippen LogP contribution < -0.4 is 26.0 Å². The van der Waals surface area contributed by atoms with Gasteiger partial charge in [0.05, 0.1) is 53.7 Å². The molecule has 5 aromatic rings. The van der Waals surface area contributed by atoms with Crippen LogP contribution in [-0.2, 0) is 22.8 Å². The van der Waals surface area contributed by atoms with Crippen molar-refractivity contribution >= 4 is 51.0 Å². The van der Waals surface area contributed by atoms with E-state index in [9.17, 15) is 32.3 Å². The Bertz CT molecular complexity index is 2540. The second-order valence-corrected chi connectivity index (χ2v) is 16.0. The number of carbonyl (C=O) groups excluding carboxylic acids is 3. The molecule has 19 heteroatoms. The van der Waals surface area contributed by atoms with Crippen LogP contribution in [0.15, 0.2) is 59.5 Å². The van der Waals surface area contributed by atoms with Gasteiger partial charge in [-0.3, -0.25) is 38.4 Å². The summed E-state index contributed by atoms with van der Waals surface area (Å²) in [5.74, 6) is -4.41. The molecule has 2 atom stereocenters. The van der Waals surface area contributed by atoms with Gasteiger partial charge < -0.3 is 15.0 Å². The van der Waals surface area contributed by atoms with Crippen molar-refractivity contribution in [1.29, 1.82) is 0 Å². The average molecular weight is 838 g/mol. The van der Waals surface area contributed by atoms with Gasteiger partial charge in [0.1, 0.15) is 23.2 Å². The normalized spacial score (nSPS) is 22.4. The fraction of sp³-hybridized carbons (Fsp3) is 0.463. The maximum absolute atomic E-state index is 16.1. The lowest BCUT2D eigenvalue weighted by molar-refractivity contribution is -0.141. The highest BCUT2D eigenvalue weighted by atomic mass is 19.4. The first-order valence-electron chi connectivity index (χ1n) is 19.8. The van der Waals surface area contributed by atoms with Gasteiger partial charge in [0.2, 0.25) is 11.8 Å². The number of fused-ring (bicyclic) bond motifs is 2. The van der Waals surface area contributed by atoms with Gasteiger partial charge in [-0.25, -0.2) is 18.6 Å². The van der Waals surface area contributed by atoms with Crippen LogP contribution in [0, 0.1) is 5.92 Å². The lowest BCUT2D eigenvalue weighted by Gasteiger charge is -2.44. The van der Waals surface area contributed by atoms with Crippen molar-refractivity contribution in [3.05, 3.63) is 76.6 Å². The quantitative estimate of drug-likeness (QED) is 0.136. The molecular formula is C41H44F5N9O5. The zero-order valence-corrected chi connectivity index (χ0v) is 33.1. The van der Waals surface area contributed by atoms with Gasteiger partial charge in [0, 0.05) is 44.2 Å². The molecule has 0 bridgehead atoms. The fourth-order valence-corrected chi connectivity index (χ4v) is 9.14. The van der Waals surface area contributed by atoms with Gasteiger partial charge in [-0.05, 0) is 81.8 Å². The van der Waals surface area contributed by atoms with Gasteiger partial charge >= 0.3 is 11.9 Å². The number of pyridine rings is 1. The van der Waals surface area contributed by atoms with Crippen molar-refractivity contribution in [1.82, 2.24) is 34.1 Å². The third kappa shape index (κ3) is 7.70. The van der Waals surface area contributed by atoms with E-state index in [4.69, 9.17) is 9.84 Å². The van der Waals surface area contributed by atoms with Crippen molar-refractivity contribution in [2.75, 3.05) is 44.0 Å². The maximum Gasteiger partial charge on any atom is 0.433 e. The van der Waals surface area contributed by atoms with E-state index in [0.717, 1.165) is 37.8 Å². The molecule has 318 valence electrons. The second kappa shape index (κ2) is 15.6. The Labute approximate surface area is 340 Å². The third-order valence-corrected chi connectivity index (χ3v) is 12.1. The van der Waals surface area contributed by atoms with Crippen molar-refractivity contribution in [3.63, 3.8) is 0 Å². The Hall–Kier alpha value is -5.85. The largest absolute Gasteiger partial charge is 0.494 e. The SMILES string of the molecule is COc1cc2nn(C3CCC(CN(C)C4CCN(c5cccc6c5n(C)c(=O)n6C5CCC(=O)NC5=O)CC4(F)F)CC3)cc2cc1NC(=O)c1cccc(C(F)(F)F)n1. The highest BCUT2D eigenvalue weighted by Crippen LogP contribution is 2.40. The Morgan fingerprint density at radius 3 is 2.48 bits per heavy atom. The van der Waals surface area contributed by atoms with Crippen LogP contribution in [0.2, 0.25) is 0 Å². The van der Waals surface area contributed by atoms with Crippen molar-refractivity contribution < 1.29 is 41.1 Å². The number of amides is 3. The highest BCUT2D eigenvalue weighted by Gasteiger charge is 2.47. The summed E-state index contributed by atoms with van der Waals surface area (Å²) in [4.78, 5) is 57.6. The number of imide groups is 1. The third-order valence-electron chi connectivity index (χ3n) is 12.1. The molecule has 8 rings (SSSR count). The van der Waals surface area contributed by atoms with Crippen LogP contribution in [0.4, 0.5) is 33.3 Å². The second-order valence-electron chi connectivity index (χ2n) is 16.0. The zero-order chi connectivity index (χ0) is 42.7. The number of rotatable bonds is 9. The Balaban J connectivity index is 0.897. The summed E-state index contributed by atoms with van der Waals surface area (Å²) in [6, 6.07) is 9.66. The molecule has 2 aromatic carbocycles. The van der Waals surface area contributed by atoms with Crippen molar-refractivity contribution in [2.24, 2.45) is 13.0 Å². The van der Waals surface area contributed by atoms with E-state index in [-0.39, 0.29) is 42.7 Å². The smallest absolute Gasteiger partial charge is 0.433 e. The van der Waals surface area contributed by atoms with Crippen molar-refractivity contribution in [2.45, 2.75) is 75.2 Å². The number of nitrogens with one attached hydrogen (secondary N) is 2. The number of imidazole rings is 1. The number of para-hydroxylation sites is 1. The van der Waals surface area contributed by atoms with E-state index in [0.29, 0.717) is 40.7 Å². The van der Waals surface area contributed by atoms with E-state index in [2.05, 4.69) is 15.6 Å². The van der Waals surface area contributed by atoms with Crippen LogP contribution in [0.1, 0.15) is 73.2 Å². The van der Waals surface area contributed by atoms with Crippen LogP contribution in [-0.4, -0.2) is 92.3 Å². The number of aromatic nitrogens is 5. The van der Waals surface area contributed by atoms with Crippen LogP contribution in [0.3, 0.4) is 0 Å². The lowest BCUT2D eigenvalue weighted by atomic mass is 9.85. The number of carbonyl (C=O) groups is 3. The van der Waals surface area contributed by atoms with Crippen LogP contribution in [0.25, 0.3) is 21.9 Å². The van der Waals surface area contributed by atoms with Gasteiger partial charge in [-0.2, -0.15) is 18.3 Å². The summed E-state index contributed by atoms with van der Waals surface area (Å²) in [7, 11) is 4.71. The molecule has 0 spiro atoms. The number of aryl methyl sites for hydroxylation is 1. The fourth-order valence-electron chi connectivity index (χ4n) is 9.14. The molecule has 2 aliphatic heterocycles. The highest BCUT2D eigenvalue weighted by molar-refractivity contribution is 6.05. The van der Waals surface area contributed by atoms with E-state index >= 15 is 8.78 Å². The molecule has 1 aliphatic carbocycles. The molecule has 0 radical (unpaired) electrons. The maximum atomic E-state index is 16.1. The molecule has 3 fully saturated rings. The minimum atomic E-state index is -4.70. The van der Waals surface area contributed by atoms with Gasteiger partial charge in [-0.1, -0.05) is 12.1 Å². The summed E-state index contributed by atoms with van der Waals surface area (Å²) >= 11 is 0.